The summed E-state index contributed by atoms with van der Waals surface area (Å²) in [6.45, 7) is 9.83. The molecule has 0 aromatic heterocycles. The maximum atomic E-state index is 13.4. The fourth-order valence-electron chi connectivity index (χ4n) is 3.13. The summed E-state index contributed by atoms with van der Waals surface area (Å²) in [5.41, 5.74) is 3.94. The van der Waals surface area contributed by atoms with Crippen LogP contribution in [-0.4, -0.2) is 29.6 Å². The van der Waals surface area contributed by atoms with Crippen molar-refractivity contribution in [2.45, 2.75) is 53.4 Å². The van der Waals surface area contributed by atoms with Crippen LogP contribution in [0.4, 0.5) is 0 Å². The van der Waals surface area contributed by atoms with Crippen molar-refractivity contribution in [1.29, 1.82) is 0 Å². The SMILES string of the molecule is CCCCN(CCCC)C(=CC(=O)c1ccc(C)cc1)C(=O)c1ccc(C)cc1. The van der Waals surface area contributed by atoms with Gasteiger partial charge in [-0.25, -0.2) is 0 Å². The van der Waals surface area contributed by atoms with E-state index in [4.69, 9.17) is 0 Å². The third kappa shape index (κ3) is 6.70. The maximum Gasteiger partial charge on any atom is 0.209 e. The van der Waals surface area contributed by atoms with E-state index in [2.05, 4.69) is 18.7 Å². The lowest BCUT2D eigenvalue weighted by atomic mass is 10.0. The van der Waals surface area contributed by atoms with Gasteiger partial charge in [-0.15, -0.1) is 0 Å². The van der Waals surface area contributed by atoms with Gasteiger partial charge in [0.05, 0.1) is 5.70 Å². The molecule has 2 aromatic carbocycles. The van der Waals surface area contributed by atoms with Gasteiger partial charge < -0.3 is 4.90 Å². The van der Waals surface area contributed by atoms with Crippen molar-refractivity contribution in [3.8, 4) is 0 Å². The number of aryl methyl sites for hydroxylation is 2. The van der Waals surface area contributed by atoms with Crippen LogP contribution < -0.4 is 0 Å². The highest BCUT2D eigenvalue weighted by Gasteiger charge is 2.20. The first-order valence-electron chi connectivity index (χ1n) is 10.6. The average molecular weight is 392 g/mol. The molecular formula is C26H33NO2. The van der Waals surface area contributed by atoms with Gasteiger partial charge in [0.2, 0.25) is 5.78 Å². The van der Waals surface area contributed by atoms with E-state index in [0.29, 0.717) is 16.8 Å². The van der Waals surface area contributed by atoms with Gasteiger partial charge >= 0.3 is 0 Å². The summed E-state index contributed by atoms with van der Waals surface area (Å²) < 4.78 is 0. The lowest BCUT2D eigenvalue weighted by Gasteiger charge is -2.26. The first-order chi connectivity index (χ1) is 14.0. The third-order valence-electron chi connectivity index (χ3n) is 5.05. The topological polar surface area (TPSA) is 37.4 Å². The summed E-state index contributed by atoms with van der Waals surface area (Å²) >= 11 is 0. The van der Waals surface area contributed by atoms with Gasteiger partial charge in [0, 0.05) is 30.3 Å². The number of nitrogens with zero attached hydrogens (tertiary/aromatic N) is 1. The molecule has 0 fully saturated rings. The summed E-state index contributed by atoms with van der Waals surface area (Å²) in [6.07, 6.45) is 5.60. The molecule has 0 heterocycles. The second-order valence-corrected chi connectivity index (χ2v) is 7.65. The zero-order valence-corrected chi connectivity index (χ0v) is 18.2. The van der Waals surface area contributed by atoms with Gasteiger partial charge in [0.25, 0.3) is 0 Å². The predicted octanol–water partition coefficient (Wildman–Crippen LogP) is 6.16. The molecule has 0 bridgehead atoms. The molecule has 0 spiro atoms. The van der Waals surface area contributed by atoms with Crippen LogP contribution in [0.5, 0.6) is 0 Å². The first kappa shape index (κ1) is 22.6. The van der Waals surface area contributed by atoms with Gasteiger partial charge in [-0.2, -0.15) is 0 Å². The van der Waals surface area contributed by atoms with E-state index in [-0.39, 0.29) is 11.6 Å². The Morgan fingerprint density at radius 2 is 1.21 bits per heavy atom. The Morgan fingerprint density at radius 1 is 0.759 bits per heavy atom. The van der Waals surface area contributed by atoms with E-state index in [1.54, 1.807) is 0 Å². The summed E-state index contributed by atoms with van der Waals surface area (Å²) in [4.78, 5) is 28.4. The van der Waals surface area contributed by atoms with Crippen molar-refractivity contribution in [2.75, 3.05) is 13.1 Å². The lowest BCUT2D eigenvalue weighted by Crippen LogP contribution is -2.30. The van der Waals surface area contributed by atoms with Gasteiger partial charge in [-0.05, 0) is 26.7 Å². The minimum absolute atomic E-state index is 0.0855. The molecule has 0 saturated heterocycles. The standard InChI is InChI=1S/C26H33NO2/c1-5-7-17-27(18-8-6-2)24(26(29)23-15-11-21(4)12-16-23)19-25(28)22-13-9-20(3)10-14-22/h9-16,19H,5-8,17-18H2,1-4H3. The Hall–Kier alpha value is -2.68. The molecule has 29 heavy (non-hydrogen) atoms. The predicted molar refractivity (Wildman–Crippen MR) is 120 cm³/mol. The van der Waals surface area contributed by atoms with Crippen LogP contribution in [0, 0.1) is 13.8 Å². The highest BCUT2D eigenvalue weighted by molar-refractivity contribution is 6.14. The van der Waals surface area contributed by atoms with Crippen LogP contribution in [0.15, 0.2) is 60.3 Å². The molecule has 3 heteroatoms. The fraction of sp³-hybridized carbons (Fsp3) is 0.385. The highest BCUT2D eigenvalue weighted by atomic mass is 16.1. The molecule has 2 rings (SSSR count). The number of allylic oxidation sites excluding steroid dienone is 2. The highest BCUT2D eigenvalue weighted by Crippen LogP contribution is 2.18. The van der Waals surface area contributed by atoms with Crippen LogP contribution in [0.3, 0.4) is 0 Å². The van der Waals surface area contributed by atoms with Crippen LogP contribution >= 0.6 is 0 Å². The Morgan fingerprint density at radius 3 is 1.66 bits per heavy atom. The zero-order valence-electron chi connectivity index (χ0n) is 18.2. The number of benzene rings is 2. The van der Waals surface area contributed by atoms with Gasteiger partial charge in [0.15, 0.2) is 5.78 Å². The Kier molecular flexibility index (Phi) is 8.85. The maximum absolute atomic E-state index is 13.4. The fourth-order valence-corrected chi connectivity index (χ4v) is 3.13. The number of hydrogen-bond donors (Lipinski definition) is 0. The molecule has 0 amide bonds. The van der Waals surface area contributed by atoms with Crippen molar-refractivity contribution in [1.82, 2.24) is 4.90 Å². The van der Waals surface area contributed by atoms with E-state index in [1.807, 2.05) is 62.4 Å². The normalized spacial score (nSPS) is 11.4. The van der Waals surface area contributed by atoms with Crippen molar-refractivity contribution < 1.29 is 9.59 Å². The van der Waals surface area contributed by atoms with Crippen LogP contribution in [0.25, 0.3) is 0 Å². The van der Waals surface area contributed by atoms with E-state index in [1.165, 1.54) is 6.08 Å². The van der Waals surface area contributed by atoms with Crippen LogP contribution in [0.1, 0.15) is 71.4 Å². The molecule has 0 radical (unpaired) electrons. The molecule has 154 valence electrons. The monoisotopic (exact) mass is 391 g/mol. The van der Waals surface area contributed by atoms with Crippen LogP contribution in [0.2, 0.25) is 0 Å². The summed E-state index contributed by atoms with van der Waals surface area (Å²) in [5.74, 6) is -0.212. The molecule has 0 aliphatic rings. The lowest BCUT2D eigenvalue weighted by molar-refractivity contribution is 0.0971. The molecule has 0 unspecified atom stereocenters. The zero-order chi connectivity index (χ0) is 21.2. The van der Waals surface area contributed by atoms with Crippen molar-refractivity contribution >= 4 is 11.6 Å². The number of ketones is 2. The molecule has 0 atom stereocenters. The molecule has 0 aliphatic heterocycles. The van der Waals surface area contributed by atoms with E-state index < -0.39 is 0 Å². The number of rotatable bonds is 11. The van der Waals surface area contributed by atoms with Gasteiger partial charge in [0.1, 0.15) is 0 Å². The minimum Gasteiger partial charge on any atom is -0.368 e. The Bertz CT molecular complexity index is 824. The summed E-state index contributed by atoms with van der Waals surface area (Å²) in [7, 11) is 0. The molecular weight excluding hydrogens is 358 g/mol. The van der Waals surface area contributed by atoms with E-state index >= 15 is 0 Å². The van der Waals surface area contributed by atoms with Crippen LogP contribution in [-0.2, 0) is 0 Å². The largest absolute Gasteiger partial charge is 0.368 e. The first-order valence-corrected chi connectivity index (χ1v) is 10.6. The second kappa shape index (κ2) is 11.4. The van der Waals surface area contributed by atoms with Gasteiger partial charge in [-0.1, -0.05) is 86.3 Å². The molecule has 2 aromatic rings. The van der Waals surface area contributed by atoms with Crippen molar-refractivity contribution in [2.24, 2.45) is 0 Å². The quantitative estimate of drug-likeness (QED) is 0.340. The smallest absolute Gasteiger partial charge is 0.209 e. The summed E-state index contributed by atoms with van der Waals surface area (Å²) in [5, 5.41) is 0. The Balaban J connectivity index is 2.43. The van der Waals surface area contributed by atoms with E-state index in [9.17, 15) is 9.59 Å². The molecule has 0 saturated carbocycles. The minimum atomic E-state index is -0.126. The molecule has 3 nitrogen and oxygen atoms in total. The average Bonchev–Trinajstić information content (AvgIpc) is 2.73. The second-order valence-electron chi connectivity index (χ2n) is 7.65. The molecule has 0 aliphatic carbocycles. The number of unbranched alkanes of at least 4 members (excludes halogenated alkanes) is 2. The number of carbonyl (C=O) groups excluding carboxylic acids is 2. The molecule has 0 N–H and O–H groups in total. The number of carbonyl (C=O) groups is 2. The van der Waals surface area contributed by atoms with Gasteiger partial charge in [-0.3, -0.25) is 9.59 Å². The number of Topliss-reactive ketones (excluding diaryl/α,β-unsaturated/α-hetero) is 1. The number of hydrogen-bond acceptors (Lipinski definition) is 3. The Labute approximate surface area is 175 Å². The van der Waals surface area contributed by atoms with E-state index in [0.717, 1.165) is 49.9 Å². The van der Waals surface area contributed by atoms with Crippen molar-refractivity contribution in [3.63, 3.8) is 0 Å². The van der Waals surface area contributed by atoms with Crippen molar-refractivity contribution in [3.05, 3.63) is 82.6 Å². The summed E-state index contributed by atoms with van der Waals surface area (Å²) in [6, 6.07) is 15.1. The third-order valence-corrected chi connectivity index (χ3v) is 5.05.